The molecule has 126 valence electrons. The number of nitrogens with zero attached hydrogens (tertiary/aromatic N) is 3. The first-order valence-electron chi connectivity index (χ1n) is 7.58. The zero-order valence-electron chi connectivity index (χ0n) is 13.3. The summed E-state index contributed by atoms with van der Waals surface area (Å²) in [6.07, 6.45) is 3.48. The molecule has 4 nitrogen and oxygen atoms in total. The van der Waals surface area contributed by atoms with Gasteiger partial charge in [-0.25, -0.2) is 4.68 Å². The Morgan fingerprint density at radius 3 is 2.52 bits per heavy atom. The number of phenolic OH excluding ortho intramolecular Hbond substituents is 1. The number of aromatic hydroxyl groups is 1. The van der Waals surface area contributed by atoms with Crippen LogP contribution in [0.2, 0.25) is 5.02 Å². The van der Waals surface area contributed by atoms with E-state index in [9.17, 15) is 5.11 Å². The van der Waals surface area contributed by atoms with Gasteiger partial charge in [0.05, 0.1) is 18.5 Å². The summed E-state index contributed by atoms with van der Waals surface area (Å²) in [4.78, 5) is 5.28. The van der Waals surface area contributed by atoms with Crippen molar-refractivity contribution in [2.24, 2.45) is 10.1 Å². The summed E-state index contributed by atoms with van der Waals surface area (Å²) in [5.74, 6) is 0.226. The molecule has 6 heteroatoms. The molecule has 1 N–H and O–H groups in total. The first kappa shape index (κ1) is 17.2. The topological polar surface area (TPSA) is 49.9 Å². The Morgan fingerprint density at radius 2 is 1.84 bits per heavy atom. The molecule has 0 saturated heterocycles. The molecule has 0 spiro atoms. The van der Waals surface area contributed by atoms with Gasteiger partial charge in [-0.2, -0.15) is 5.10 Å². The molecule has 0 aliphatic rings. The van der Waals surface area contributed by atoms with Gasteiger partial charge in [-0.3, -0.25) is 4.99 Å². The molecule has 0 aliphatic heterocycles. The van der Waals surface area contributed by atoms with Crippen molar-refractivity contribution >= 4 is 29.2 Å². The maximum absolute atomic E-state index is 9.38. The number of benzene rings is 2. The van der Waals surface area contributed by atoms with Gasteiger partial charge in [-0.1, -0.05) is 29.8 Å². The normalized spacial score (nSPS) is 12.0. The van der Waals surface area contributed by atoms with E-state index in [0.717, 1.165) is 21.6 Å². The first-order valence-corrected chi connectivity index (χ1v) is 8.84. The number of rotatable bonds is 5. The minimum absolute atomic E-state index is 0.226. The molecule has 0 amide bonds. The van der Waals surface area contributed by atoms with Gasteiger partial charge in [0.25, 0.3) is 0 Å². The Labute approximate surface area is 154 Å². The molecule has 2 aromatic carbocycles. The minimum atomic E-state index is 0.226. The fourth-order valence-electron chi connectivity index (χ4n) is 2.17. The van der Waals surface area contributed by atoms with Gasteiger partial charge >= 0.3 is 0 Å². The van der Waals surface area contributed by atoms with E-state index in [1.54, 1.807) is 41.2 Å². The monoisotopic (exact) mass is 369 g/mol. The third-order valence-electron chi connectivity index (χ3n) is 3.40. The van der Waals surface area contributed by atoms with Crippen LogP contribution in [0.15, 0.2) is 76.7 Å². The number of halogens is 1. The van der Waals surface area contributed by atoms with Gasteiger partial charge in [0.2, 0.25) is 4.80 Å². The second kappa shape index (κ2) is 7.96. The summed E-state index contributed by atoms with van der Waals surface area (Å²) in [7, 11) is 0. The molecule has 0 saturated carbocycles. The van der Waals surface area contributed by atoms with Crippen molar-refractivity contribution in [3.8, 4) is 17.0 Å². The summed E-state index contributed by atoms with van der Waals surface area (Å²) < 4.78 is 1.80. The lowest BCUT2D eigenvalue weighted by molar-refractivity contribution is 0.475. The van der Waals surface area contributed by atoms with E-state index in [0.29, 0.717) is 11.6 Å². The van der Waals surface area contributed by atoms with E-state index in [-0.39, 0.29) is 5.75 Å². The van der Waals surface area contributed by atoms with Crippen LogP contribution >= 0.6 is 22.9 Å². The smallest absolute Gasteiger partial charge is 0.206 e. The zero-order chi connectivity index (χ0) is 17.6. The Morgan fingerprint density at radius 1 is 1.12 bits per heavy atom. The molecule has 0 unspecified atom stereocenters. The standard InChI is InChI=1S/C19H16ClN3OS/c1-2-11-21-19-23(22-12-14-3-9-17(24)10-4-14)18(13-25-19)15-5-7-16(20)8-6-15/h2-10,12-13,24H,1,11H2. The van der Waals surface area contributed by atoms with Crippen LogP contribution in [-0.2, 0) is 0 Å². The highest BCUT2D eigenvalue weighted by molar-refractivity contribution is 7.07. The van der Waals surface area contributed by atoms with Crippen LogP contribution in [-0.4, -0.2) is 22.5 Å². The van der Waals surface area contributed by atoms with Crippen molar-refractivity contribution in [3.63, 3.8) is 0 Å². The molecule has 25 heavy (non-hydrogen) atoms. The van der Waals surface area contributed by atoms with E-state index in [1.807, 2.05) is 29.6 Å². The highest BCUT2D eigenvalue weighted by Gasteiger charge is 2.07. The second-order valence-corrected chi connectivity index (χ2v) is 6.46. The number of hydrogen-bond acceptors (Lipinski definition) is 4. The quantitative estimate of drug-likeness (QED) is 0.520. The van der Waals surface area contributed by atoms with Crippen LogP contribution in [0.1, 0.15) is 5.56 Å². The Hall–Kier alpha value is -2.63. The molecule has 0 aliphatic carbocycles. The van der Waals surface area contributed by atoms with Gasteiger partial charge in [-0.05, 0) is 42.0 Å². The molecule has 0 radical (unpaired) electrons. The molecule has 0 atom stereocenters. The molecule has 0 bridgehead atoms. The fourth-order valence-corrected chi connectivity index (χ4v) is 3.14. The van der Waals surface area contributed by atoms with Crippen LogP contribution in [0.25, 0.3) is 11.3 Å². The lowest BCUT2D eigenvalue weighted by Gasteiger charge is -2.04. The summed E-state index contributed by atoms with van der Waals surface area (Å²) in [6, 6.07) is 14.5. The van der Waals surface area contributed by atoms with Gasteiger partial charge in [0.1, 0.15) is 5.75 Å². The lowest BCUT2D eigenvalue weighted by atomic mass is 10.2. The maximum atomic E-state index is 9.38. The molecule has 1 heterocycles. The van der Waals surface area contributed by atoms with Gasteiger partial charge in [0.15, 0.2) is 0 Å². The molecule has 3 aromatic rings. The number of aromatic nitrogens is 1. The summed E-state index contributed by atoms with van der Waals surface area (Å²) in [5.41, 5.74) is 2.82. The number of thiazole rings is 1. The third kappa shape index (κ3) is 4.26. The number of phenols is 1. The Kier molecular flexibility index (Phi) is 5.48. The molecule has 3 rings (SSSR count). The molecular formula is C19H16ClN3OS. The SMILES string of the molecule is C=CCN=c1scc(-c2ccc(Cl)cc2)n1N=Cc1ccc(O)cc1. The van der Waals surface area contributed by atoms with E-state index in [2.05, 4.69) is 16.7 Å². The predicted octanol–water partition coefficient (Wildman–Crippen LogP) is 4.54. The minimum Gasteiger partial charge on any atom is -0.508 e. The van der Waals surface area contributed by atoms with Crippen molar-refractivity contribution in [2.75, 3.05) is 6.54 Å². The lowest BCUT2D eigenvalue weighted by Crippen LogP contribution is -2.12. The summed E-state index contributed by atoms with van der Waals surface area (Å²) in [6.45, 7) is 4.23. The maximum Gasteiger partial charge on any atom is 0.206 e. The predicted molar refractivity (Wildman–Crippen MR) is 104 cm³/mol. The molecule has 1 aromatic heterocycles. The van der Waals surface area contributed by atoms with Crippen LogP contribution < -0.4 is 4.80 Å². The van der Waals surface area contributed by atoms with Crippen molar-refractivity contribution in [1.29, 1.82) is 0 Å². The van der Waals surface area contributed by atoms with Crippen molar-refractivity contribution < 1.29 is 5.11 Å². The second-order valence-electron chi connectivity index (χ2n) is 5.19. The highest BCUT2D eigenvalue weighted by Crippen LogP contribution is 2.22. The van der Waals surface area contributed by atoms with E-state index in [1.165, 1.54) is 11.3 Å². The van der Waals surface area contributed by atoms with Crippen LogP contribution in [0.4, 0.5) is 0 Å². The average molecular weight is 370 g/mol. The molecule has 0 fully saturated rings. The Balaban J connectivity index is 2.05. The number of hydrogen-bond donors (Lipinski definition) is 1. The molecular weight excluding hydrogens is 354 g/mol. The van der Waals surface area contributed by atoms with Crippen molar-refractivity contribution in [1.82, 2.24) is 4.68 Å². The van der Waals surface area contributed by atoms with E-state index < -0.39 is 0 Å². The summed E-state index contributed by atoms with van der Waals surface area (Å²) in [5, 5.41) is 16.7. The van der Waals surface area contributed by atoms with Crippen LogP contribution in [0.5, 0.6) is 5.75 Å². The Bertz CT molecular complexity index is 954. The fraction of sp³-hybridized carbons (Fsp3) is 0.0526. The van der Waals surface area contributed by atoms with Crippen LogP contribution in [0.3, 0.4) is 0 Å². The van der Waals surface area contributed by atoms with E-state index in [4.69, 9.17) is 11.6 Å². The first-order chi connectivity index (χ1) is 12.2. The van der Waals surface area contributed by atoms with Crippen molar-refractivity contribution in [3.05, 3.63) is 82.0 Å². The van der Waals surface area contributed by atoms with Gasteiger partial charge in [0, 0.05) is 16.0 Å². The van der Waals surface area contributed by atoms with Crippen LogP contribution in [0, 0.1) is 0 Å². The largest absolute Gasteiger partial charge is 0.508 e. The summed E-state index contributed by atoms with van der Waals surface area (Å²) >= 11 is 7.50. The van der Waals surface area contributed by atoms with Crippen molar-refractivity contribution in [2.45, 2.75) is 0 Å². The average Bonchev–Trinajstić information content (AvgIpc) is 3.03. The van der Waals surface area contributed by atoms with E-state index >= 15 is 0 Å². The van der Waals surface area contributed by atoms with Gasteiger partial charge < -0.3 is 5.11 Å². The highest BCUT2D eigenvalue weighted by atomic mass is 35.5. The zero-order valence-corrected chi connectivity index (χ0v) is 14.9. The third-order valence-corrected chi connectivity index (χ3v) is 4.50. The van der Waals surface area contributed by atoms with Gasteiger partial charge in [-0.15, -0.1) is 17.9 Å².